The first-order chi connectivity index (χ1) is 16.2. The number of halogens is 3. The average molecular weight is 484 g/mol. The first-order valence-corrected chi connectivity index (χ1v) is 11.8. The molecule has 3 fully saturated rings. The van der Waals surface area contributed by atoms with Gasteiger partial charge >= 0.3 is 12.2 Å². The third kappa shape index (κ3) is 5.66. The van der Waals surface area contributed by atoms with Crippen LogP contribution in [0.4, 0.5) is 18.0 Å². The molecular weight excluding hydrogens is 451 g/mol. The van der Waals surface area contributed by atoms with Gasteiger partial charge in [0.2, 0.25) is 5.91 Å². The largest absolute Gasteiger partial charge is 0.405 e. The van der Waals surface area contributed by atoms with Crippen molar-refractivity contribution in [1.82, 2.24) is 15.5 Å². The van der Waals surface area contributed by atoms with Crippen molar-refractivity contribution in [1.29, 1.82) is 0 Å². The van der Waals surface area contributed by atoms with Gasteiger partial charge < -0.3 is 25.0 Å². The second-order valence-electron chi connectivity index (χ2n) is 9.66. The van der Waals surface area contributed by atoms with Gasteiger partial charge in [0, 0.05) is 6.04 Å². The molecule has 2 aliphatic heterocycles. The molecule has 34 heavy (non-hydrogen) atoms. The van der Waals surface area contributed by atoms with Crippen molar-refractivity contribution < 1.29 is 32.2 Å². The third-order valence-electron chi connectivity index (χ3n) is 7.20. The highest BCUT2D eigenvalue weighted by Crippen LogP contribution is 2.38. The maximum atomic E-state index is 12.8. The van der Waals surface area contributed by atoms with E-state index in [4.69, 9.17) is 9.47 Å². The van der Waals surface area contributed by atoms with E-state index in [1.165, 1.54) is 10.5 Å². The van der Waals surface area contributed by atoms with Crippen LogP contribution in [0.25, 0.3) is 0 Å². The van der Waals surface area contributed by atoms with E-state index in [2.05, 4.69) is 17.4 Å². The smallest absolute Gasteiger partial charge is 0.376 e. The number of urea groups is 1. The van der Waals surface area contributed by atoms with Gasteiger partial charge in [0.1, 0.15) is 13.2 Å². The number of ether oxygens (including phenoxy) is 2. The van der Waals surface area contributed by atoms with Gasteiger partial charge in [-0.2, -0.15) is 13.2 Å². The van der Waals surface area contributed by atoms with E-state index in [0.29, 0.717) is 12.3 Å². The number of nitrogens with zero attached hydrogens (tertiary/aromatic N) is 1. The van der Waals surface area contributed by atoms with Crippen molar-refractivity contribution in [3.8, 4) is 0 Å². The summed E-state index contributed by atoms with van der Waals surface area (Å²) in [4.78, 5) is 26.3. The van der Waals surface area contributed by atoms with Gasteiger partial charge in [0.15, 0.2) is 0 Å². The van der Waals surface area contributed by atoms with Crippen LogP contribution in [0.3, 0.4) is 0 Å². The highest BCUT2D eigenvalue weighted by molar-refractivity contribution is 5.80. The number of hydrogen-bond acceptors (Lipinski definition) is 4. The van der Waals surface area contributed by atoms with E-state index in [9.17, 15) is 22.8 Å². The molecule has 4 rings (SSSR count). The Kier molecular flexibility index (Phi) is 7.37. The summed E-state index contributed by atoms with van der Waals surface area (Å²) < 4.78 is 49.8. The zero-order chi connectivity index (χ0) is 24.3. The van der Waals surface area contributed by atoms with Crippen LogP contribution in [0, 0.1) is 0 Å². The number of likely N-dealkylation sites (tertiary alicyclic amines) is 1. The first-order valence-electron chi connectivity index (χ1n) is 11.8. The molecule has 188 valence electrons. The minimum atomic E-state index is -4.51. The van der Waals surface area contributed by atoms with E-state index in [1.807, 2.05) is 23.5 Å². The summed E-state index contributed by atoms with van der Waals surface area (Å²) in [6.45, 7) is 0.575. The van der Waals surface area contributed by atoms with E-state index in [1.54, 1.807) is 6.92 Å². The molecule has 2 heterocycles. The van der Waals surface area contributed by atoms with Gasteiger partial charge in [-0.05, 0) is 50.5 Å². The van der Waals surface area contributed by atoms with Crippen molar-refractivity contribution in [2.24, 2.45) is 0 Å². The highest BCUT2D eigenvalue weighted by atomic mass is 19.4. The molecule has 1 aliphatic carbocycles. The summed E-state index contributed by atoms with van der Waals surface area (Å²) in [6.07, 6.45) is -0.453. The fourth-order valence-corrected chi connectivity index (χ4v) is 5.66. The lowest BCUT2D eigenvalue weighted by molar-refractivity contribution is -0.137. The Morgan fingerprint density at radius 2 is 1.94 bits per heavy atom. The third-order valence-corrected chi connectivity index (χ3v) is 7.20. The Morgan fingerprint density at radius 3 is 2.59 bits per heavy atom. The van der Waals surface area contributed by atoms with Crippen molar-refractivity contribution in [2.75, 3.05) is 26.4 Å². The molecule has 1 aromatic carbocycles. The molecule has 10 heteroatoms. The van der Waals surface area contributed by atoms with Gasteiger partial charge in [-0.15, -0.1) is 0 Å². The van der Waals surface area contributed by atoms with Gasteiger partial charge in [-0.25, -0.2) is 4.79 Å². The molecule has 0 unspecified atom stereocenters. The molecule has 0 radical (unpaired) electrons. The number of hydrogen-bond donors (Lipinski definition) is 2. The monoisotopic (exact) mass is 483 g/mol. The molecule has 1 aromatic rings. The number of rotatable bonds is 5. The molecule has 2 N–H and O–H groups in total. The van der Waals surface area contributed by atoms with Crippen LogP contribution in [-0.4, -0.2) is 73.1 Å². The van der Waals surface area contributed by atoms with Crippen LogP contribution >= 0.6 is 0 Å². The maximum Gasteiger partial charge on any atom is 0.405 e. The summed E-state index contributed by atoms with van der Waals surface area (Å²) in [5.74, 6) is 0.180. The molecular formula is C24H32F3N3O4. The fourth-order valence-electron chi connectivity index (χ4n) is 5.66. The lowest BCUT2D eigenvalue weighted by Crippen LogP contribution is -2.65. The maximum absolute atomic E-state index is 12.8. The number of carbonyl (C=O) groups excluding carboxylic acids is 2. The predicted octanol–water partition coefficient (Wildman–Crippen LogP) is 3.35. The van der Waals surface area contributed by atoms with Crippen LogP contribution in [-0.2, 0) is 14.3 Å². The lowest BCUT2D eigenvalue weighted by Gasteiger charge is -2.41. The minimum absolute atomic E-state index is 0.00628. The number of nitrogens with one attached hydrogen (secondary N) is 2. The Bertz CT molecular complexity index is 861. The molecule has 0 bridgehead atoms. The standard InChI is InChI=1S/C24H32F3N3O4/c1-16-11-23(15-33-13-21(31)29-23)20(30(16)22(32)28-14-24(25,26)27)12-34-19-9-7-18(8-10-19)17-5-3-2-4-6-17/h2-6,16,18-20H,7-15H2,1H3,(H,28,32)(H,29,31)/t16-,18-,19+,20+,23-/m1/s1. The minimum Gasteiger partial charge on any atom is -0.376 e. The fraction of sp³-hybridized carbons (Fsp3) is 0.667. The van der Waals surface area contributed by atoms with E-state index >= 15 is 0 Å². The van der Waals surface area contributed by atoms with Crippen molar-refractivity contribution >= 4 is 11.9 Å². The quantitative estimate of drug-likeness (QED) is 0.673. The lowest BCUT2D eigenvalue weighted by atomic mass is 9.82. The second-order valence-corrected chi connectivity index (χ2v) is 9.66. The second kappa shape index (κ2) is 10.1. The van der Waals surface area contributed by atoms with Gasteiger partial charge in [0.05, 0.1) is 30.9 Å². The molecule has 3 atom stereocenters. The summed E-state index contributed by atoms with van der Waals surface area (Å²) in [5.41, 5.74) is 0.435. The highest BCUT2D eigenvalue weighted by Gasteiger charge is 2.55. The van der Waals surface area contributed by atoms with Crippen LogP contribution < -0.4 is 10.6 Å². The number of morpholine rings is 1. The molecule has 7 nitrogen and oxygen atoms in total. The molecule has 3 amide bonds. The SMILES string of the molecule is C[C@@H]1C[C@@]2(COCC(=O)N2)[C@H](CO[C@H]2CC[C@@H](c3ccccc3)CC2)N1C(=O)NCC(F)(F)F. The van der Waals surface area contributed by atoms with E-state index < -0.39 is 36.4 Å². The Labute approximate surface area is 197 Å². The summed E-state index contributed by atoms with van der Waals surface area (Å²) in [7, 11) is 0. The van der Waals surface area contributed by atoms with Crippen molar-refractivity contribution in [3.63, 3.8) is 0 Å². The van der Waals surface area contributed by atoms with E-state index in [0.717, 1.165) is 25.7 Å². The Hall–Kier alpha value is -2.33. The average Bonchev–Trinajstić information content (AvgIpc) is 3.06. The number of carbonyl (C=O) groups is 2. The summed E-state index contributed by atoms with van der Waals surface area (Å²) in [5, 5.41) is 4.93. The number of alkyl halides is 3. The topological polar surface area (TPSA) is 79.9 Å². The van der Waals surface area contributed by atoms with Crippen LogP contribution in [0.1, 0.15) is 50.5 Å². The first kappa shape index (κ1) is 24.8. The predicted molar refractivity (Wildman–Crippen MR) is 118 cm³/mol. The van der Waals surface area contributed by atoms with E-state index in [-0.39, 0.29) is 31.8 Å². The molecule has 1 spiro atoms. The van der Waals surface area contributed by atoms with Gasteiger partial charge in [-0.3, -0.25) is 4.79 Å². The zero-order valence-electron chi connectivity index (χ0n) is 19.3. The molecule has 1 saturated carbocycles. The molecule has 2 saturated heterocycles. The number of amides is 3. The summed E-state index contributed by atoms with van der Waals surface area (Å²) in [6, 6.07) is 8.51. The van der Waals surface area contributed by atoms with Gasteiger partial charge in [-0.1, -0.05) is 30.3 Å². The van der Waals surface area contributed by atoms with Crippen LogP contribution in [0.2, 0.25) is 0 Å². The van der Waals surface area contributed by atoms with Crippen LogP contribution in [0.15, 0.2) is 30.3 Å². The number of benzene rings is 1. The van der Waals surface area contributed by atoms with Crippen molar-refractivity contribution in [3.05, 3.63) is 35.9 Å². The zero-order valence-corrected chi connectivity index (χ0v) is 19.3. The molecule has 3 aliphatic rings. The molecule has 0 aromatic heterocycles. The van der Waals surface area contributed by atoms with Crippen molar-refractivity contribution in [2.45, 2.75) is 74.8 Å². The Balaban J connectivity index is 1.42. The Morgan fingerprint density at radius 1 is 1.24 bits per heavy atom. The van der Waals surface area contributed by atoms with Gasteiger partial charge in [0.25, 0.3) is 0 Å². The summed E-state index contributed by atoms with van der Waals surface area (Å²) >= 11 is 0. The van der Waals surface area contributed by atoms with Crippen LogP contribution in [0.5, 0.6) is 0 Å². The normalized spacial score (nSPS) is 32.0.